The zero-order valence-corrected chi connectivity index (χ0v) is 20.5. The van der Waals surface area contributed by atoms with Crippen LogP contribution in [0.1, 0.15) is 33.1 Å². The molecule has 1 heterocycles. The van der Waals surface area contributed by atoms with E-state index in [1.807, 2.05) is 0 Å². The van der Waals surface area contributed by atoms with Crippen molar-refractivity contribution < 1.29 is 0 Å². The first kappa shape index (κ1) is 21.4. The second-order valence-electron chi connectivity index (χ2n) is 8.56. The second kappa shape index (κ2) is 9.26. The summed E-state index contributed by atoms with van der Waals surface area (Å²) >= 11 is 2.15. The van der Waals surface area contributed by atoms with Crippen LogP contribution in [0.15, 0.2) is 146 Å². The smallest absolute Gasteiger partial charge is 0.0784 e. The van der Waals surface area contributed by atoms with E-state index >= 15 is 0 Å². The molecule has 0 aliphatic carbocycles. The highest BCUT2D eigenvalue weighted by Gasteiger charge is 2.49. The molecule has 34 heavy (non-hydrogen) atoms. The SMILES string of the molecule is c1ccc(C2SP(C(c3ccccc3)(c3ccccc3)c3ccccc3)c3ccccc32)cc1. The van der Waals surface area contributed by atoms with Crippen LogP contribution in [-0.4, -0.2) is 0 Å². The van der Waals surface area contributed by atoms with Gasteiger partial charge in [0, 0.05) is 7.12 Å². The molecule has 0 saturated carbocycles. The minimum Gasteiger partial charge on any atom is -0.115 e. The van der Waals surface area contributed by atoms with Crippen molar-refractivity contribution in [3.63, 3.8) is 0 Å². The van der Waals surface area contributed by atoms with E-state index in [0.717, 1.165) is 0 Å². The Morgan fingerprint density at radius 2 is 0.882 bits per heavy atom. The van der Waals surface area contributed by atoms with Crippen LogP contribution in [0, 0.1) is 0 Å². The Morgan fingerprint density at radius 3 is 1.38 bits per heavy atom. The highest BCUT2D eigenvalue weighted by Crippen LogP contribution is 2.76. The van der Waals surface area contributed by atoms with Crippen molar-refractivity contribution in [2.24, 2.45) is 0 Å². The second-order valence-corrected chi connectivity index (χ2v) is 12.7. The Balaban J connectivity index is 1.66. The number of fused-ring (bicyclic) bond motifs is 1. The lowest BCUT2D eigenvalue weighted by atomic mass is 9.84. The molecule has 2 atom stereocenters. The Hall–Kier alpha value is -3.12. The number of benzene rings is 5. The third kappa shape index (κ3) is 3.52. The molecule has 0 bridgehead atoms. The van der Waals surface area contributed by atoms with E-state index < -0.39 is 7.12 Å². The summed E-state index contributed by atoms with van der Waals surface area (Å²) < 4.78 is 0. The number of hydrogen-bond donors (Lipinski definition) is 0. The van der Waals surface area contributed by atoms with Crippen LogP contribution in [-0.2, 0) is 5.16 Å². The van der Waals surface area contributed by atoms with Crippen molar-refractivity contribution in [3.8, 4) is 0 Å². The first-order valence-corrected chi connectivity index (χ1v) is 14.5. The maximum Gasteiger partial charge on any atom is 0.0784 e. The monoisotopic (exact) mass is 472 g/mol. The molecule has 0 spiro atoms. The molecule has 0 saturated heterocycles. The van der Waals surface area contributed by atoms with Gasteiger partial charge in [0.25, 0.3) is 0 Å². The minimum absolute atomic E-state index is 0.261. The molecule has 0 fully saturated rings. The fourth-order valence-corrected chi connectivity index (χ4v) is 12.1. The first-order valence-electron chi connectivity index (χ1n) is 11.7. The summed E-state index contributed by atoms with van der Waals surface area (Å²) in [7, 11) is -0.684. The fourth-order valence-electron chi connectivity index (χ4n) is 5.13. The zero-order chi connectivity index (χ0) is 22.8. The molecule has 2 unspecified atom stereocenters. The molecular formula is C32H25PS. The Kier molecular flexibility index (Phi) is 5.83. The van der Waals surface area contributed by atoms with Gasteiger partial charge in [0.1, 0.15) is 0 Å². The zero-order valence-electron chi connectivity index (χ0n) is 18.8. The van der Waals surface area contributed by atoms with Crippen LogP contribution in [0.4, 0.5) is 0 Å². The van der Waals surface area contributed by atoms with Gasteiger partial charge >= 0.3 is 0 Å². The van der Waals surface area contributed by atoms with E-state index in [2.05, 4.69) is 157 Å². The lowest BCUT2D eigenvalue weighted by molar-refractivity contribution is 0.889. The Labute approximate surface area is 207 Å². The summed E-state index contributed by atoms with van der Waals surface area (Å²) in [5.74, 6) is 0. The summed E-state index contributed by atoms with van der Waals surface area (Å²) in [6, 6.07) is 53.6. The third-order valence-electron chi connectivity index (χ3n) is 6.63. The minimum atomic E-state index is -0.684. The Bertz CT molecular complexity index is 1270. The highest BCUT2D eigenvalue weighted by molar-refractivity contribution is 8.59. The van der Waals surface area contributed by atoms with Crippen molar-refractivity contribution in [1.29, 1.82) is 0 Å². The van der Waals surface area contributed by atoms with Crippen LogP contribution < -0.4 is 5.30 Å². The Morgan fingerprint density at radius 1 is 0.471 bits per heavy atom. The van der Waals surface area contributed by atoms with Gasteiger partial charge in [-0.05, 0) is 33.1 Å². The van der Waals surface area contributed by atoms with Gasteiger partial charge in [0.15, 0.2) is 0 Å². The molecule has 1 aliphatic heterocycles. The van der Waals surface area contributed by atoms with Crippen molar-refractivity contribution in [2.75, 3.05) is 0 Å². The molecule has 5 aromatic rings. The summed E-state index contributed by atoms with van der Waals surface area (Å²) in [4.78, 5) is 0. The van der Waals surface area contributed by atoms with Crippen LogP contribution in [0.25, 0.3) is 0 Å². The number of rotatable bonds is 5. The molecule has 5 aromatic carbocycles. The van der Waals surface area contributed by atoms with E-state index in [9.17, 15) is 0 Å². The van der Waals surface area contributed by atoms with Gasteiger partial charge in [-0.25, -0.2) is 0 Å². The lowest BCUT2D eigenvalue weighted by Gasteiger charge is -2.41. The molecule has 0 nitrogen and oxygen atoms in total. The molecule has 1 aliphatic rings. The van der Waals surface area contributed by atoms with Gasteiger partial charge in [0.05, 0.1) is 10.4 Å². The quantitative estimate of drug-likeness (QED) is 0.182. The summed E-state index contributed by atoms with van der Waals surface area (Å²) in [5.41, 5.74) is 6.91. The molecule has 0 amide bonds. The highest BCUT2D eigenvalue weighted by atomic mass is 32.7. The lowest BCUT2D eigenvalue weighted by Crippen LogP contribution is -2.29. The standard InChI is InChI=1S/C32H25PS/c1-5-15-25(16-6-1)31-29-23-13-14-24-30(29)33(34-31)32(26-17-7-2-8-18-26,27-19-9-3-10-20-27)28-21-11-4-12-22-28/h1-24,31H. The predicted molar refractivity (Wildman–Crippen MR) is 148 cm³/mol. The molecule has 0 aromatic heterocycles. The normalized spacial score (nSPS) is 17.3. The van der Waals surface area contributed by atoms with Crippen LogP contribution in [0.5, 0.6) is 0 Å². The summed E-state index contributed by atoms with van der Waals surface area (Å²) in [5, 5.41) is 1.57. The first-order chi connectivity index (χ1) is 16.9. The van der Waals surface area contributed by atoms with Crippen molar-refractivity contribution in [1.82, 2.24) is 0 Å². The molecule has 2 heteroatoms. The molecule has 0 radical (unpaired) electrons. The van der Waals surface area contributed by atoms with Gasteiger partial charge in [-0.3, -0.25) is 0 Å². The van der Waals surface area contributed by atoms with Gasteiger partial charge in [-0.2, -0.15) is 0 Å². The van der Waals surface area contributed by atoms with Crippen LogP contribution in [0.3, 0.4) is 0 Å². The van der Waals surface area contributed by atoms with Crippen LogP contribution >= 0.6 is 18.5 Å². The summed E-state index contributed by atoms with van der Waals surface area (Å²) in [6.45, 7) is 0. The van der Waals surface area contributed by atoms with Gasteiger partial charge in [0.2, 0.25) is 0 Å². The molecule has 164 valence electrons. The molecule has 6 rings (SSSR count). The van der Waals surface area contributed by atoms with Gasteiger partial charge in [-0.15, -0.1) is 11.4 Å². The van der Waals surface area contributed by atoms with E-state index in [1.54, 1.807) is 0 Å². The molecule has 0 N–H and O–H groups in total. The third-order valence-corrected chi connectivity index (χ3v) is 12.5. The van der Waals surface area contributed by atoms with E-state index in [1.165, 1.54) is 33.1 Å². The van der Waals surface area contributed by atoms with E-state index in [4.69, 9.17) is 0 Å². The number of hydrogen-bond acceptors (Lipinski definition) is 1. The maximum absolute atomic E-state index is 2.38. The van der Waals surface area contributed by atoms with Gasteiger partial charge < -0.3 is 0 Å². The topological polar surface area (TPSA) is 0 Å². The largest absolute Gasteiger partial charge is 0.115 e. The fraction of sp³-hybridized carbons (Fsp3) is 0.0625. The van der Waals surface area contributed by atoms with Crippen molar-refractivity contribution in [3.05, 3.63) is 173 Å². The summed E-state index contributed by atoms with van der Waals surface area (Å²) in [6.07, 6.45) is 0. The van der Waals surface area contributed by atoms with Crippen LogP contribution in [0.2, 0.25) is 0 Å². The predicted octanol–water partition coefficient (Wildman–Crippen LogP) is 8.54. The van der Waals surface area contributed by atoms with E-state index in [0.29, 0.717) is 5.25 Å². The average molecular weight is 473 g/mol. The van der Waals surface area contributed by atoms with Crippen molar-refractivity contribution >= 4 is 23.8 Å². The molecular weight excluding hydrogens is 447 g/mol. The van der Waals surface area contributed by atoms with Gasteiger partial charge in [-0.1, -0.05) is 146 Å². The maximum atomic E-state index is 2.38. The van der Waals surface area contributed by atoms with E-state index in [-0.39, 0.29) is 5.16 Å². The van der Waals surface area contributed by atoms with Crippen molar-refractivity contribution in [2.45, 2.75) is 10.4 Å². The average Bonchev–Trinajstić information content (AvgIpc) is 3.32.